The zero-order valence-corrected chi connectivity index (χ0v) is 11.9. The second kappa shape index (κ2) is 4.62. The van der Waals surface area contributed by atoms with Crippen molar-refractivity contribution in [3.63, 3.8) is 0 Å². The highest BCUT2D eigenvalue weighted by Gasteiger charge is 2.58. The number of nitrogen functional groups attached to an aromatic ring is 1. The number of aromatic nitrogens is 4. The van der Waals surface area contributed by atoms with Crippen LogP contribution in [0.5, 0.6) is 0 Å². The van der Waals surface area contributed by atoms with Gasteiger partial charge in [0.15, 0.2) is 17.7 Å². The van der Waals surface area contributed by atoms with E-state index in [0.29, 0.717) is 23.4 Å². The number of nitrogens with zero attached hydrogens (tertiary/aromatic N) is 4. The Bertz CT molecular complexity index is 684. The number of aliphatic hydroxyl groups is 3. The average Bonchev–Trinajstić information content (AvgIpc) is 2.92. The summed E-state index contributed by atoms with van der Waals surface area (Å²) in [4.78, 5) is 12.3. The lowest BCUT2D eigenvalue weighted by Crippen LogP contribution is -2.36. The molecule has 0 spiro atoms. The Hall–Kier alpha value is -1.77. The van der Waals surface area contributed by atoms with Crippen LogP contribution in [-0.4, -0.2) is 47.5 Å². The molecule has 1 fully saturated rings. The van der Waals surface area contributed by atoms with E-state index in [1.807, 2.05) is 6.92 Å². The van der Waals surface area contributed by atoms with Gasteiger partial charge in [-0.3, -0.25) is 4.57 Å². The molecule has 2 aromatic rings. The molecule has 8 nitrogen and oxygen atoms in total. The Morgan fingerprint density at radius 3 is 2.71 bits per heavy atom. The van der Waals surface area contributed by atoms with Gasteiger partial charge in [-0.1, -0.05) is 6.92 Å². The Labute approximate surface area is 121 Å². The molecule has 1 aliphatic carbocycles. The topological polar surface area (TPSA) is 130 Å². The lowest BCUT2D eigenvalue weighted by atomic mass is 9.96. The molecule has 0 aromatic carbocycles. The van der Waals surface area contributed by atoms with Gasteiger partial charge in [0.25, 0.3) is 0 Å². The van der Waals surface area contributed by atoms with E-state index in [1.165, 1.54) is 10.9 Å². The highest BCUT2D eigenvalue weighted by molar-refractivity contribution is 5.81. The first-order valence-corrected chi connectivity index (χ1v) is 6.84. The number of anilines is 1. The van der Waals surface area contributed by atoms with Crippen LogP contribution in [-0.2, 0) is 0 Å². The van der Waals surface area contributed by atoms with Crippen LogP contribution in [0.4, 0.5) is 5.82 Å². The van der Waals surface area contributed by atoms with Gasteiger partial charge in [-0.25, -0.2) is 15.0 Å². The molecule has 2 heterocycles. The van der Waals surface area contributed by atoms with Gasteiger partial charge < -0.3 is 21.1 Å². The number of fused-ring (bicyclic) bond motifs is 1. The number of hydrogen-bond acceptors (Lipinski definition) is 7. The Morgan fingerprint density at radius 2 is 2.14 bits per heavy atom. The second-order valence-electron chi connectivity index (χ2n) is 5.84. The minimum Gasteiger partial charge on any atom is -0.396 e. The van der Waals surface area contributed by atoms with Gasteiger partial charge >= 0.3 is 0 Å². The molecular weight excluding hydrogens is 274 g/mol. The predicted molar refractivity (Wildman–Crippen MR) is 75.0 cm³/mol. The van der Waals surface area contributed by atoms with E-state index < -0.39 is 17.7 Å². The summed E-state index contributed by atoms with van der Waals surface area (Å²) < 4.78 is 1.37. The first-order chi connectivity index (χ1) is 9.90. The van der Waals surface area contributed by atoms with Crippen molar-refractivity contribution in [1.29, 1.82) is 0 Å². The molecule has 1 saturated carbocycles. The Kier molecular flexibility index (Phi) is 3.12. The first kappa shape index (κ1) is 14.2. The van der Waals surface area contributed by atoms with Crippen molar-refractivity contribution < 1.29 is 15.3 Å². The molecule has 1 aliphatic rings. The number of rotatable bonds is 4. The molecule has 2 aromatic heterocycles. The van der Waals surface area contributed by atoms with Crippen LogP contribution in [0.1, 0.15) is 25.4 Å². The molecule has 4 atom stereocenters. The van der Waals surface area contributed by atoms with E-state index in [4.69, 9.17) is 5.73 Å². The van der Waals surface area contributed by atoms with Crippen LogP contribution < -0.4 is 5.73 Å². The third-order valence-corrected chi connectivity index (χ3v) is 4.52. The maximum atomic E-state index is 10.4. The van der Waals surface area contributed by atoms with E-state index in [0.717, 1.165) is 0 Å². The molecule has 5 N–H and O–H groups in total. The third-order valence-electron chi connectivity index (χ3n) is 4.52. The summed E-state index contributed by atoms with van der Waals surface area (Å²) >= 11 is 0. The fraction of sp³-hybridized carbons (Fsp3) is 0.615. The molecule has 0 saturated heterocycles. The van der Waals surface area contributed by atoms with Crippen molar-refractivity contribution in [2.24, 2.45) is 11.3 Å². The molecule has 0 radical (unpaired) electrons. The number of aliphatic hydroxyl groups excluding tert-OH is 3. The van der Waals surface area contributed by atoms with Crippen LogP contribution in [0.2, 0.25) is 0 Å². The van der Waals surface area contributed by atoms with E-state index in [-0.39, 0.29) is 18.3 Å². The zero-order chi connectivity index (χ0) is 15.4. The van der Waals surface area contributed by atoms with E-state index in [9.17, 15) is 15.3 Å². The van der Waals surface area contributed by atoms with Gasteiger partial charge in [0.1, 0.15) is 17.4 Å². The lowest BCUT2D eigenvalue weighted by molar-refractivity contribution is -0.0822. The van der Waals surface area contributed by atoms with Crippen molar-refractivity contribution in [3.05, 3.63) is 12.2 Å². The Balaban J connectivity index is 2.01. The summed E-state index contributed by atoms with van der Waals surface area (Å²) in [5.41, 5.74) is 5.87. The summed E-state index contributed by atoms with van der Waals surface area (Å²) in [6, 6.07) is 0. The molecule has 0 bridgehead atoms. The van der Waals surface area contributed by atoms with Gasteiger partial charge in [0.05, 0.1) is 12.9 Å². The fourth-order valence-electron chi connectivity index (χ4n) is 2.93. The number of nitrogens with two attached hydrogens (primary N) is 1. The fourth-order valence-corrected chi connectivity index (χ4v) is 2.93. The molecule has 0 aliphatic heterocycles. The SMILES string of the molecule is Cc1nc(N)c2ncn(C(O)C(O)C3(CO)CC3C)c2n1. The van der Waals surface area contributed by atoms with Gasteiger partial charge in [0.2, 0.25) is 0 Å². The van der Waals surface area contributed by atoms with Crippen molar-refractivity contribution in [2.45, 2.75) is 32.6 Å². The van der Waals surface area contributed by atoms with Crippen molar-refractivity contribution >= 4 is 17.0 Å². The molecule has 114 valence electrons. The van der Waals surface area contributed by atoms with Crippen LogP contribution in [0.25, 0.3) is 11.2 Å². The van der Waals surface area contributed by atoms with Crippen LogP contribution in [0, 0.1) is 18.3 Å². The molecular formula is C13H19N5O3. The normalized spacial score (nSPS) is 27.8. The molecule has 3 rings (SSSR count). The largest absolute Gasteiger partial charge is 0.396 e. The smallest absolute Gasteiger partial charge is 0.167 e. The summed E-state index contributed by atoms with van der Waals surface area (Å²) in [6.07, 6.45) is -0.307. The number of aryl methyl sites for hydroxylation is 1. The summed E-state index contributed by atoms with van der Waals surface area (Å²) in [7, 11) is 0. The number of imidazole rings is 1. The molecule has 0 amide bonds. The standard InChI is InChI=1S/C13H19N5O3/c1-6-3-13(6,4-19)9(20)12(21)18-5-15-8-10(14)16-7(2)17-11(8)18/h5-6,9,12,19-21H,3-4H2,1-2H3,(H2,14,16,17). The zero-order valence-electron chi connectivity index (χ0n) is 11.9. The summed E-state index contributed by atoms with van der Waals surface area (Å²) in [5, 5.41) is 30.4. The summed E-state index contributed by atoms with van der Waals surface area (Å²) in [6.45, 7) is 3.45. The first-order valence-electron chi connectivity index (χ1n) is 6.84. The molecule has 8 heteroatoms. The van der Waals surface area contributed by atoms with E-state index in [2.05, 4.69) is 15.0 Å². The number of hydrogen-bond donors (Lipinski definition) is 4. The second-order valence-corrected chi connectivity index (χ2v) is 5.84. The van der Waals surface area contributed by atoms with Crippen LogP contribution >= 0.6 is 0 Å². The minimum absolute atomic E-state index is 0.156. The van der Waals surface area contributed by atoms with Crippen LogP contribution in [0.3, 0.4) is 0 Å². The third kappa shape index (κ3) is 1.98. The highest BCUT2D eigenvalue weighted by atomic mass is 16.3. The quantitative estimate of drug-likeness (QED) is 0.602. The van der Waals surface area contributed by atoms with Crippen molar-refractivity contribution in [1.82, 2.24) is 19.5 Å². The lowest BCUT2D eigenvalue weighted by Gasteiger charge is -2.26. The van der Waals surface area contributed by atoms with Crippen molar-refractivity contribution in [3.8, 4) is 0 Å². The Morgan fingerprint density at radius 1 is 1.48 bits per heavy atom. The monoisotopic (exact) mass is 293 g/mol. The predicted octanol–water partition coefficient (Wildman–Crippen LogP) is -0.413. The molecule has 4 unspecified atom stereocenters. The maximum Gasteiger partial charge on any atom is 0.167 e. The minimum atomic E-state index is -1.25. The maximum absolute atomic E-state index is 10.4. The van der Waals surface area contributed by atoms with E-state index >= 15 is 0 Å². The van der Waals surface area contributed by atoms with E-state index in [1.54, 1.807) is 6.92 Å². The van der Waals surface area contributed by atoms with Gasteiger partial charge in [-0.2, -0.15) is 0 Å². The average molecular weight is 293 g/mol. The van der Waals surface area contributed by atoms with Gasteiger partial charge in [-0.05, 0) is 19.3 Å². The summed E-state index contributed by atoms with van der Waals surface area (Å²) in [5.74, 6) is 0.845. The highest BCUT2D eigenvalue weighted by Crippen LogP contribution is 2.56. The van der Waals surface area contributed by atoms with Gasteiger partial charge in [0, 0.05) is 5.41 Å². The van der Waals surface area contributed by atoms with Crippen LogP contribution in [0.15, 0.2) is 6.33 Å². The van der Waals surface area contributed by atoms with Gasteiger partial charge in [-0.15, -0.1) is 0 Å². The molecule has 21 heavy (non-hydrogen) atoms. The van der Waals surface area contributed by atoms with Crippen molar-refractivity contribution in [2.75, 3.05) is 12.3 Å².